The van der Waals surface area contributed by atoms with Crippen LogP contribution in [0.2, 0.25) is 0 Å². The van der Waals surface area contributed by atoms with Crippen LogP contribution in [0.25, 0.3) is 11.3 Å². The van der Waals surface area contributed by atoms with E-state index in [2.05, 4.69) is 10.4 Å². The van der Waals surface area contributed by atoms with E-state index >= 15 is 0 Å². The maximum Gasteiger partial charge on any atom is 0.383 e. The zero-order chi connectivity index (χ0) is 20.3. The zero-order valence-electron chi connectivity index (χ0n) is 15.0. The van der Waals surface area contributed by atoms with Gasteiger partial charge in [-0.3, -0.25) is 20.2 Å². The van der Waals surface area contributed by atoms with Gasteiger partial charge >= 0.3 is 10.8 Å². The highest BCUT2D eigenvalue weighted by Gasteiger charge is 2.23. The van der Waals surface area contributed by atoms with Crippen LogP contribution >= 0.6 is 11.8 Å². The summed E-state index contributed by atoms with van der Waals surface area (Å²) >= 11 is 1.36. The first-order valence-corrected chi connectivity index (χ1v) is 9.35. The van der Waals surface area contributed by atoms with Crippen molar-refractivity contribution >= 4 is 28.8 Å². The third-order valence-corrected chi connectivity index (χ3v) is 4.62. The second-order valence-electron chi connectivity index (χ2n) is 5.86. The Morgan fingerprint density at radius 2 is 1.75 bits per heavy atom. The number of aromatic nitrogens is 2. The number of aryl methyl sites for hydroxylation is 1. The Morgan fingerprint density at radius 1 is 1.04 bits per heavy atom. The molecule has 9 nitrogen and oxygen atoms in total. The molecule has 1 heterocycles. The van der Waals surface area contributed by atoms with Crippen LogP contribution in [0.15, 0.2) is 59.9 Å². The summed E-state index contributed by atoms with van der Waals surface area (Å²) in [6, 6.07) is 13.2. The van der Waals surface area contributed by atoms with E-state index in [9.17, 15) is 20.2 Å². The third-order valence-electron chi connectivity index (χ3n) is 3.96. The average Bonchev–Trinajstić information content (AvgIpc) is 2.69. The molecule has 142 valence electrons. The molecule has 0 radical (unpaired) electrons. The van der Waals surface area contributed by atoms with Crippen molar-refractivity contribution in [1.29, 1.82) is 0 Å². The molecule has 0 unspecified atom stereocenters. The molecule has 0 saturated carbocycles. The maximum atomic E-state index is 11.3. The zero-order valence-corrected chi connectivity index (χ0v) is 15.8. The van der Waals surface area contributed by atoms with Gasteiger partial charge in [0.15, 0.2) is 11.4 Å². The van der Waals surface area contributed by atoms with Crippen LogP contribution in [0, 0.1) is 27.2 Å². The molecule has 0 amide bonds. The number of nitro benzene ring substituents is 2. The van der Waals surface area contributed by atoms with Gasteiger partial charge in [0.05, 0.1) is 15.9 Å². The van der Waals surface area contributed by atoms with Gasteiger partial charge in [0.1, 0.15) is 6.20 Å². The Labute approximate surface area is 164 Å². The summed E-state index contributed by atoms with van der Waals surface area (Å²) in [7, 11) is 0. The minimum Gasteiger partial charge on any atom is -0.258 e. The van der Waals surface area contributed by atoms with Gasteiger partial charge in [-0.15, -0.1) is 4.68 Å². The first-order valence-electron chi connectivity index (χ1n) is 8.12. The first kappa shape index (κ1) is 19.2. The van der Waals surface area contributed by atoms with Crippen LogP contribution in [-0.2, 0) is 0 Å². The highest BCUT2D eigenvalue weighted by atomic mass is 32.2. The van der Waals surface area contributed by atoms with Crippen molar-refractivity contribution in [1.82, 2.24) is 4.98 Å². The van der Waals surface area contributed by atoms with Crippen molar-refractivity contribution < 1.29 is 14.5 Å². The SMILES string of the molecule is CSc1nc(-c2ccc(C)cc2)cc[n+]1Nc1ccc([N+](=O)[O-])cc1[N+](=O)[O-]. The van der Waals surface area contributed by atoms with Crippen LogP contribution in [0.4, 0.5) is 17.1 Å². The van der Waals surface area contributed by atoms with Crippen molar-refractivity contribution in [2.45, 2.75) is 12.1 Å². The fraction of sp³-hybridized carbons (Fsp3) is 0.111. The minimum absolute atomic E-state index is 0.126. The second kappa shape index (κ2) is 8.01. The van der Waals surface area contributed by atoms with E-state index in [1.165, 1.54) is 28.6 Å². The number of thioether (sulfide) groups is 1. The topological polar surface area (TPSA) is 115 Å². The normalized spacial score (nSPS) is 10.5. The Hall–Kier alpha value is -3.53. The summed E-state index contributed by atoms with van der Waals surface area (Å²) in [6.07, 6.45) is 3.54. The number of anilines is 1. The summed E-state index contributed by atoms with van der Waals surface area (Å²) in [5.74, 6) is 0. The van der Waals surface area contributed by atoms with Gasteiger partial charge in [-0.2, -0.15) is 0 Å². The molecule has 0 bridgehead atoms. The molecule has 3 rings (SSSR count). The number of nitro groups is 2. The van der Waals surface area contributed by atoms with Gasteiger partial charge in [0.25, 0.3) is 5.69 Å². The van der Waals surface area contributed by atoms with Crippen molar-refractivity contribution in [2.24, 2.45) is 0 Å². The quantitative estimate of drug-likeness (QED) is 0.221. The highest BCUT2D eigenvalue weighted by molar-refractivity contribution is 7.98. The summed E-state index contributed by atoms with van der Waals surface area (Å²) in [6.45, 7) is 2.00. The molecule has 2 aromatic carbocycles. The van der Waals surface area contributed by atoms with E-state index < -0.39 is 15.5 Å². The summed E-state index contributed by atoms with van der Waals surface area (Å²) in [5.41, 5.74) is 5.15. The van der Waals surface area contributed by atoms with Crippen molar-refractivity contribution in [3.8, 4) is 11.3 Å². The van der Waals surface area contributed by atoms with E-state index in [4.69, 9.17) is 0 Å². The van der Waals surface area contributed by atoms with Gasteiger partial charge < -0.3 is 0 Å². The third kappa shape index (κ3) is 4.07. The van der Waals surface area contributed by atoms with E-state index in [0.29, 0.717) is 5.16 Å². The molecule has 0 atom stereocenters. The summed E-state index contributed by atoms with van der Waals surface area (Å²) < 4.78 is 1.54. The molecular formula is C18H16N5O4S+. The molecule has 0 fully saturated rings. The standard InChI is InChI=1S/C18H16N5O4S/c1-12-3-5-13(6-4-12)15-9-10-21(18(19-15)28-2)20-16-8-7-14(22(24)25)11-17(16)23(26)27/h3-11,20H,1-2H3/q+1. The van der Waals surface area contributed by atoms with Crippen LogP contribution < -0.4 is 10.1 Å². The lowest BCUT2D eigenvalue weighted by Crippen LogP contribution is -2.45. The van der Waals surface area contributed by atoms with Crippen molar-refractivity contribution in [3.63, 3.8) is 0 Å². The van der Waals surface area contributed by atoms with Crippen LogP contribution in [0.5, 0.6) is 0 Å². The summed E-state index contributed by atoms with van der Waals surface area (Å²) in [4.78, 5) is 25.5. The highest BCUT2D eigenvalue weighted by Crippen LogP contribution is 2.28. The van der Waals surface area contributed by atoms with Gasteiger partial charge in [0, 0.05) is 17.7 Å². The predicted octanol–water partition coefficient (Wildman–Crippen LogP) is 3.76. The monoisotopic (exact) mass is 398 g/mol. The average molecular weight is 398 g/mol. The summed E-state index contributed by atoms with van der Waals surface area (Å²) in [5, 5.41) is 22.8. The molecule has 1 aromatic heterocycles. The lowest BCUT2D eigenvalue weighted by atomic mass is 10.1. The number of nitrogens with one attached hydrogen (secondary N) is 1. The maximum absolute atomic E-state index is 11.3. The fourth-order valence-electron chi connectivity index (χ4n) is 2.53. The van der Waals surface area contributed by atoms with E-state index in [0.717, 1.165) is 22.9 Å². The largest absolute Gasteiger partial charge is 0.383 e. The number of nitrogens with zero attached hydrogens (tertiary/aromatic N) is 4. The predicted molar refractivity (Wildman–Crippen MR) is 105 cm³/mol. The number of non-ortho nitro benzene ring substituents is 1. The first-order chi connectivity index (χ1) is 13.4. The van der Waals surface area contributed by atoms with Gasteiger partial charge in [-0.05, 0) is 36.0 Å². The Morgan fingerprint density at radius 3 is 2.36 bits per heavy atom. The van der Waals surface area contributed by atoms with Crippen molar-refractivity contribution in [3.05, 3.63) is 80.5 Å². The van der Waals surface area contributed by atoms with Crippen molar-refractivity contribution in [2.75, 3.05) is 11.7 Å². The van der Waals surface area contributed by atoms with Crippen LogP contribution in [0.3, 0.4) is 0 Å². The number of benzene rings is 2. The van der Waals surface area contributed by atoms with Gasteiger partial charge in [0.2, 0.25) is 0 Å². The molecule has 0 aliphatic heterocycles. The molecule has 0 saturated heterocycles. The molecule has 0 aliphatic rings. The van der Waals surface area contributed by atoms with Gasteiger partial charge in [-0.1, -0.05) is 29.8 Å². The molecule has 3 aromatic rings. The lowest BCUT2D eigenvalue weighted by Gasteiger charge is -2.07. The molecular weight excluding hydrogens is 382 g/mol. The van der Waals surface area contributed by atoms with E-state index in [1.54, 1.807) is 12.3 Å². The second-order valence-corrected chi connectivity index (χ2v) is 6.64. The molecule has 1 N–H and O–H groups in total. The molecule has 10 heteroatoms. The smallest absolute Gasteiger partial charge is 0.258 e. The molecule has 28 heavy (non-hydrogen) atoms. The Balaban J connectivity index is 1.97. The van der Waals surface area contributed by atoms with Gasteiger partial charge in [-0.25, -0.2) is 5.43 Å². The fourth-order valence-corrected chi connectivity index (χ4v) is 3.02. The number of hydrogen-bond acceptors (Lipinski definition) is 7. The van der Waals surface area contributed by atoms with Crippen LogP contribution in [0.1, 0.15) is 5.56 Å². The Bertz CT molecular complexity index is 1060. The number of rotatable bonds is 6. The molecule has 0 spiro atoms. The lowest BCUT2D eigenvalue weighted by molar-refractivity contribution is -0.685. The van der Waals surface area contributed by atoms with Crippen LogP contribution in [-0.4, -0.2) is 21.1 Å². The molecule has 0 aliphatic carbocycles. The Kier molecular flexibility index (Phi) is 5.50. The minimum atomic E-state index is -0.671. The van der Waals surface area contributed by atoms with E-state index in [1.807, 2.05) is 37.4 Å². The number of hydrogen-bond donors (Lipinski definition) is 1. The van der Waals surface area contributed by atoms with E-state index in [-0.39, 0.29) is 11.4 Å².